The van der Waals surface area contributed by atoms with E-state index in [2.05, 4.69) is 0 Å². The lowest BCUT2D eigenvalue weighted by Gasteiger charge is -2.07. The molecular formula is C17H32O4. The second kappa shape index (κ2) is 13.9. The Balaban J connectivity index is 3.12. The maximum absolute atomic E-state index is 10.5. The topological polar surface area (TPSA) is 74.6 Å². The Morgan fingerprint density at radius 2 is 1.14 bits per heavy atom. The zero-order valence-corrected chi connectivity index (χ0v) is 13.5. The van der Waals surface area contributed by atoms with Gasteiger partial charge in [-0.15, -0.1) is 0 Å². The highest BCUT2D eigenvalue weighted by atomic mass is 16.4. The van der Waals surface area contributed by atoms with Crippen LogP contribution in [-0.2, 0) is 9.59 Å². The van der Waals surface area contributed by atoms with Crippen molar-refractivity contribution in [2.45, 2.75) is 90.4 Å². The van der Waals surface area contributed by atoms with Gasteiger partial charge in [0.15, 0.2) is 0 Å². The monoisotopic (exact) mass is 300 g/mol. The first kappa shape index (κ1) is 19.9. The summed E-state index contributed by atoms with van der Waals surface area (Å²) < 4.78 is 0. The first-order valence-electron chi connectivity index (χ1n) is 8.46. The van der Waals surface area contributed by atoms with Crippen molar-refractivity contribution >= 4 is 11.9 Å². The van der Waals surface area contributed by atoms with Crippen molar-refractivity contribution in [1.29, 1.82) is 0 Å². The summed E-state index contributed by atoms with van der Waals surface area (Å²) in [5.74, 6) is -1.08. The minimum absolute atomic E-state index is 0.294. The summed E-state index contributed by atoms with van der Waals surface area (Å²) >= 11 is 0. The van der Waals surface area contributed by atoms with Crippen LogP contribution < -0.4 is 0 Å². The van der Waals surface area contributed by atoms with Crippen LogP contribution in [0.1, 0.15) is 90.4 Å². The Bertz CT molecular complexity index is 276. The van der Waals surface area contributed by atoms with Crippen molar-refractivity contribution in [3.63, 3.8) is 0 Å². The molecule has 4 heteroatoms. The number of aliphatic carboxylic acids is 2. The fourth-order valence-electron chi connectivity index (χ4n) is 2.58. The van der Waals surface area contributed by atoms with Gasteiger partial charge in [0.25, 0.3) is 0 Å². The molecule has 0 amide bonds. The van der Waals surface area contributed by atoms with Crippen LogP contribution in [0.4, 0.5) is 0 Å². The number of hydrogen-bond acceptors (Lipinski definition) is 2. The molecule has 0 aliphatic rings. The minimum Gasteiger partial charge on any atom is -0.481 e. The van der Waals surface area contributed by atoms with Crippen LogP contribution in [0.15, 0.2) is 0 Å². The molecule has 0 aromatic rings. The van der Waals surface area contributed by atoms with E-state index in [1.165, 1.54) is 38.5 Å². The summed E-state index contributed by atoms with van der Waals surface area (Å²) in [6, 6.07) is 0. The maximum Gasteiger partial charge on any atom is 0.303 e. The van der Waals surface area contributed by atoms with Crippen molar-refractivity contribution in [2.75, 3.05) is 0 Å². The highest BCUT2D eigenvalue weighted by Gasteiger charge is 2.06. The zero-order chi connectivity index (χ0) is 15.9. The molecule has 0 aromatic carbocycles. The van der Waals surface area contributed by atoms with Gasteiger partial charge in [0, 0.05) is 12.8 Å². The van der Waals surface area contributed by atoms with Crippen molar-refractivity contribution < 1.29 is 19.8 Å². The minimum atomic E-state index is -0.689. The van der Waals surface area contributed by atoms with Crippen molar-refractivity contribution in [3.05, 3.63) is 0 Å². The van der Waals surface area contributed by atoms with E-state index in [-0.39, 0.29) is 0 Å². The lowest BCUT2D eigenvalue weighted by molar-refractivity contribution is -0.138. The Morgan fingerprint density at radius 1 is 0.714 bits per heavy atom. The fraction of sp³-hybridized carbons (Fsp3) is 0.882. The molecule has 0 saturated heterocycles. The van der Waals surface area contributed by atoms with E-state index < -0.39 is 11.9 Å². The smallest absolute Gasteiger partial charge is 0.303 e. The molecule has 0 unspecified atom stereocenters. The van der Waals surface area contributed by atoms with Gasteiger partial charge in [-0.1, -0.05) is 71.1 Å². The quantitative estimate of drug-likeness (QED) is 0.423. The van der Waals surface area contributed by atoms with Gasteiger partial charge < -0.3 is 10.2 Å². The van der Waals surface area contributed by atoms with E-state index >= 15 is 0 Å². The first-order chi connectivity index (χ1) is 10.0. The second-order valence-corrected chi connectivity index (χ2v) is 6.17. The third-order valence-electron chi connectivity index (χ3n) is 3.86. The van der Waals surface area contributed by atoms with Gasteiger partial charge in [-0.05, 0) is 12.3 Å². The SMILES string of the molecule is C[C@@H](CCCCCCCCCCCCC(=O)O)CC(=O)O. The lowest BCUT2D eigenvalue weighted by atomic mass is 9.99. The molecule has 124 valence electrons. The van der Waals surface area contributed by atoms with E-state index in [1.54, 1.807) is 0 Å². The molecule has 2 N–H and O–H groups in total. The van der Waals surface area contributed by atoms with Crippen LogP contribution in [0.25, 0.3) is 0 Å². The van der Waals surface area contributed by atoms with Crippen LogP contribution in [0.3, 0.4) is 0 Å². The molecule has 0 rings (SSSR count). The number of rotatable bonds is 15. The second-order valence-electron chi connectivity index (χ2n) is 6.17. The molecule has 0 saturated carbocycles. The van der Waals surface area contributed by atoms with Gasteiger partial charge in [-0.3, -0.25) is 9.59 Å². The molecular weight excluding hydrogens is 268 g/mol. The molecule has 21 heavy (non-hydrogen) atoms. The zero-order valence-electron chi connectivity index (χ0n) is 13.5. The summed E-state index contributed by atoms with van der Waals surface area (Å²) in [5, 5.41) is 17.2. The summed E-state index contributed by atoms with van der Waals surface area (Å²) in [6.45, 7) is 2.01. The Kier molecular flexibility index (Phi) is 13.2. The number of hydrogen-bond donors (Lipinski definition) is 2. The largest absolute Gasteiger partial charge is 0.481 e. The summed E-state index contributed by atoms with van der Waals surface area (Å²) in [5.41, 5.74) is 0. The summed E-state index contributed by atoms with van der Waals surface area (Å²) in [4.78, 5) is 20.8. The van der Waals surface area contributed by atoms with Gasteiger partial charge in [0.1, 0.15) is 0 Å². The van der Waals surface area contributed by atoms with Gasteiger partial charge in [0.05, 0.1) is 0 Å². The van der Waals surface area contributed by atoms with Crippen LogP contribution in [0.2, 0.25) is 0 Å². The summed E-state index contributed by atoms with van der Waals surface area (Å²) in [6.07, 6.45) is 13.2. The van der Waals surface area contributed by atoms with Gasteiger partial charge >= 0.3 is 11.9 Å². The van der Waals surface area contributed by atoms with Crippen molar-refractivity contribution in [3.8, 4) is 0 Å². The molecule has 0 aliphatic heterocycles. The van der Waals surface area contributed by atoms with Crippen LogP contribution in [-0.4, -0.2) is 22.2 Å². The van der Waals surface area contributed by atoms with Crippen LogP contribution >= 0.6 is 0 Å². The molecule has 0 aliphatic carbocycles. The molecule has 0 radical (unpaired) electrons. The van der Waals surface area contributed by atoms with Crippen LogP contribution in [0.5, 0.6) is 0 Å². The predicted molar refractivity (Wildman–Crippen MR) is 84.5 cm³/mol. The van der Waals surface area contributed by atoms with Gasteiger partial charge in [-0.25, -0.2) is 0 Å². The first-order valence-corrected chi connectivity index (χ1v) is 8.46. The molecule has 0 bridgehead atoms. The van der Waals surface area contributed by atoms with E-state index in [1.807, 2.05) is 6.92 Å². The predicted octanol–water partition coefficient (Wildman–Crippen LogP) is 4.86. The van der Waals surface area contributed by atoms with Gasteiger partial charge in [-0.2, -0.15) is 0 Å². The number of unbranched alkanes of at least 4 members (excludes halogenated alkanes) is 9. The third kappa shape index (κ3) is 16.9. The third-order valence-corrected chi connectivity index (χ3v) is 3.86. The standard InChI is InChI=1S/C17H32O4/c1-15(14-17(20)21)12-10-8-6-4-2-3-5-7-9-11-13-16(18)19/h15H,2-14H2,1H3,(H,18,19)(H,20,21)/t15-/m0/s1. The van der Waals surface area contributed by atoms with Crippen molar-refractivity contribution in [2.24, 2.45) is 5.92 Å². The lowest BCUT2D eigenvalue weighted by Crippen LogP contribution is -2.03. The maximum atomic E-state index is 10.5. The van der Waals surface area contributed by atoms with E-state index in [0.29, 0.717) is 18.8 Å². The average Bonchev–Trinajstić information content (AvgIpc) is 2.38. The Labute approximate surface area is 128 Å². The van der Waals surface area contributed by atoms with Crippen LogP contribution in [0, 0.1) is 5.92 Å². The average molecular weight is 300 g/mol. The van der Waals surface area contributed by atoms with E-state index in [0.717, 1.165) is 32.1 Å². The highest BCUT2D eigenvalue weighted by Crippen LogP contribution is 2.15. The molecule has 0 fully saturated rings. The molecule has 0 aromatic heterocycles. The van der Waals surface area contributed by atoms with E-state index in [9.17, 15) is 9.59 Å². The summed E-state index contributed by atoms with van der Waals surface area (Å²) in [7, 11) is 0. The number of carbonyl (C=O) groups is 2. The molecule has 1 atom stereocenters. The Hall–Kier alpha value is -1.06. The molecule has 0 spiro atoms. The fourth-order valence-corrected chi connectivity index (χ4v) is 2.58. The number of carboxylic acids is 2. The van der Waals surface area contributed by atoms with E-state index in [4.69, 9.17) is 10.2 Å². The Morgan fingerprint density at radius 3 is 1.57 bits per heavy atom. The normalized spacial score (nSPS) is 12.2. The highest BCUT2D eigenvalue weighted by molar-refractivity contribution is 5.67. The number of carboxylic acid groups (broad SMARTS) is 2. The van der Waals surface area contributed by atoms with Gasteiger partial charge in [0.2, 0.25) is 0 Å². The molecule has 4 nitrogen and oxygen atoms in total. The molecule has 0 heterocycles. The van der Waals surface area contributed by atoms with Crippen molar-refractivity contribution in [1.82, 2.24) is 0 Å².